The zero-order valence-corrected chi connectivity index (χ0v) is 14.0. The van der Waals surface area contributed by atoms with Gasteiger partial charge < -0.3 is 14.0 Å². The third kappa shape index (κ3) is 3.29. The molecule has 0 radical (unpaired) electrons. The molecule has 1 saturated heterocycles. The van der Waals surface area contributed by atoms with Crippen LogP contribution in [0.2, 0.25) is 0 Å². The van der Waals surface area contributed by atoms with Crippen LogP contribution in [0.1, 0.15) is 46.1 Å². The van der Waals surface area contributed by atoms with Gasteiger partial charge in [0.25, 0.3) is 0 Å². The summed E-state index contributed by atoms with van der Waals surface area (Å²) in [6.45, 7) is 9.02. The Balaban J connectivity index is 1.46. The van der Waals surface area contributed by atoms with Crippen LogP contribution in [0.25, 0.3) is 0 Å². The van der Waals surface area contributed by atoms with Gasteiger partial charge in [-0.1, -0.05) is 41.9 Å². The molecule has 0 aromatic heterocycles. The van der Waals surface area contributed by atoms with Crippen molar-refractivity contribution >= 4 is 7.12 Å². The first-order chi connectivity index (χ1) is 10.4. The van der Waals surface area contributed by atoms with E-state index in [1.807, 2.05) is 18.2 Å². The van der Waals surface area contributed by atoms with E-state index in [9.17, 15) is 0 Å². The highest BCUT2D eigenvalue weighted by Gasteiger charge is 2.50. The molecule has 0 spiro atoms. The molecule has 1 aromatic carbocycles. The fraction of sp³-hybridized carbons (Fsp3) is 0.556. The average molecular weight is 300 g/mol. The minimum atomic E-state index is -0.262. The Morgan fingerprint density at radius 3 is 2.27 bits per heavy atom. The molecule has 1 saturated carbocycles. The van der Waals surface area contributed by atoms with Crippen molar-refractivity contribution in [3.8, 4) is 0 Å². The standard InChI is InChI=1S/C18H25BO3/c1-17(2)18(3,4)22-19(21-17)12-15-10-16(11-15)20-13-14-8-6-5-7-9-14/h5-9,12,16H,10-11,13H2,1-4H3. The van der Waals surface area contributed by atoms with E-state index in [1.54, 1.807) is 0 Å². The SMILES string of the molecule is CC1(C)OB(C=C2CC(OCc3ccccc3)C2)OC1(C)C. The molecule has 0 bridgehead atoms. The van der Waals surface area contributed by atoms with Gasteiger partial charge in [-0.15, -0.1) is 0 Å². The Hall–Kier alpha value is -1.10. The van der Waals surface area contributed by atoms with E-state index in [1.165, 1.54) is 11.1 Å². The van der Waals surface area contributed by atoms with Gasteiger partial charge in [-0.25, -0.2) is 0 Å². The molecule has 2 aliphatic rings. The topological polar surface area (TPSA) is 27.7 Å². The van der Waals surface area contributed by atoms with Crippen LogP contribution in [0.3, 0.4) is 0 Å². The van der Waals surface area contributed by atoms with Crippen molar-refractivity contribution < 1.29 is 14.0 Å². The van der Waals surface area contributed by atoms with Crippen LogP contribution in [0, 0.1) is 0 Å². The Bertz CT molecular complexity index is 527. The summed E-state index contributed by atoms with van der Waals surface area (Å²) in [7, 11) is -0.227. The van der Waals surface area contributed by atoms with E-state index in [2.05, 4.69) is 45.8 Å². The minimum absolute atomic E-state index is 0.227. The predicted molar refractivity (Wildman–Crippen MR) is 88.4 cm³/mol. The lowest BCUT2D eigenvalue weighted by Gasteiger charge is -2.32. The molecule has 0 atom stereocenters. The fourth-order valence-electron chi connectivity index (χ4n) is 2.72. The Kier molecular flexibility index (Phi) is 4.19. The monoisotopic (exact) mass is 300 g/mol. The molecule has 0 amide bonds. The predicted octanol–water partition coefficient (Wildman–Crippen LogP) is 3.92. The third-order valence-corrected chi connectivity index (χ3v) is 4.95. The summed E-state index contributed by atoms with van der Waals surface area (Å²) < 4.78 is 17.9. The van der Waals surface area contributed by atoms with Crippen molar-refractivity contribution in [2.45, 2.75) is 64.4 Å². The Labute approximate surface area is 133 Å². The number of benzene rings is 1. The zero-order chi connectivity index (χ0) is 15.8. The normalized spacial score (nSPS) is 25.9. The lowest BCUT2D eigenvalue weighted by Crippen LogP contribution is -2.41. The average Bonchev–Trinajstić information content (AvgIpc) is 2.61. The molecule has 1 aliphatic carbocycles. The highest BCUT2D eigenvalue weighted by Crippen LogP contribution is 2.39. The third-order valence-electron chi connectivity index (χ3n) is 4.95. The van der Waals surface area contributed by atoms with Crippen LogP contribution in [0.5, 0.6) is 0 Å². The van der Waals surface area contributed by atoms with Crippen molar-refractivity contribution in [1.82, 2.24) is 0 Å². The molecule has 3 nitrogen and oxygen atoms in total. The van der Waals surface area contributed by atoms with Crippen molar-refractivity contribution in [1.29, 1.82) is 0 Å². The molecule has 0 unspecified atom stereocenters. The summed E-state index contributed by atoms with van der Waals surface area (Å²) in [5.41, 5.74) is 2.08. The molecule has 118 valence electrons. The summed E-state index contributed by atoms with van der Waals surface area (Å²) in [6.07, 6.45) is 2.29. The summed E-state index contributed by atoms with van der Waals surface area (Å²) in [5.74, 6) is 2.12. The molecule has 1 aliphatic heterocycles. The van der Waals surface area contributed by atoms with Gasteiger partial charge in [0.1, 0.15) is 0 Å². The maximum absolute atomic E-state index is 6.00. The second-order valence-corrected chi connectivity index (χ2v) is 7.28. The van der Waals surface area contributed by atoms with Crippen LogP contribution in [0.15, 0.2) is 41.9 Å². The maximum Gasteiger partial charge on any atom is 0.487 e. The van der Waals surface area contributed by atoms with Crippen molar-refractivity contribution in [3.63, 3.8) is 0 Å². The summed E-state index contributed by atoms with van der Waals surface area (Å²) in [5, 5.41) is 0. The summed E-state index contributed by atoms with van der Waals surface area (Å²) >= 11 is 0. The molecule has 0 N–H and O–H groups in total. The van der Waals surface area contributed by atoms with E-state index in [0.717, 1.165) is 12.8 Å². The summed E-state index contributed by atoms with van der Waals surface area (Å²) in [6, 6.07) is 10.3. The maximum atomic E-state index is 6.00. The molecular formula is C18H25BO3. The number of rotatable bonds is 4. The molecule has 22 heavy (non-hydrogen) atoms. The van der Waals surface area contributed by atoms with E-state index in [0.29, 0.717) is 12.7 Å². The van der Waals surface area contributed by atoms with Crippen LogP contribution in [0.4, 0.5) is 0 Å². The van der Waals surface area contributed by atoms with Crippen molar-refractivity contribution in [3.05, 3.63) is 47.4 Å². The quantitative estimate of drug-likeness (QED) is 0.789. The lowest BCUT2D eigenvalue weighted by atomic mass is 9.78. The molecular weight excluding hydrogens is 275 g/mol. The smallest absolute Gasteiger partial charge is 0.400 e. The Morgan fingerprint density at radius 2 is 1.68 bits per heavy atom. The molecule has 2 fully saturated rings. The number of hydrogen-bond donors (Lipinski definition) is 0. The molecule has 4 heteroatoms. The van der Waals surface area contributed by atoms with Gasteiger partial charge in [0, 0.05) is 0 Å². The van der Waals surface area contributed by atoms with E-state index >= 15 is 0 Å². The summed E-state index contributed by atoms with van der Waals surface area (Å²) in [4.78, 5) is 0. The van der Waals surface area contributed by atoms with Gasteiger partial charge in [0.2, 0.25) is 0 Å². The highest BCUT2D eigenvalue weighted by molar-refractivity contribution is 6.51. The largest absolute Gasteiger partial charge is 0.487 e. The molecule has 3 rings (SSSR count). The van der Waals surface area contributed by atoms with E-state index < -0.39 is 0 Å². The molecule has 1 heterocycles. The second kappa shape index (κ2) is 5.84. The first kappa shape index (κ1) is 15.8. The van der Waals surface area contributed by atoms with Crippen LogP contribution < -0.4 is 0 Å². The van der Waals surface area contributed by atoms with Crippen molar-refractivity contribution in [2.75, 3.05) is 0 Å². The van der Waals surface area contributed by atoms with Gasteiger partial charge in [0.15, 0.2) is 0 Å². The van der Waals surface area contributed by atoms with Gasteiger partial charge in [-0.2, -0.15) is 0 Å². The number of ether oxygens (including phenoxy) is 1. The van der Waals surface area contributed by atoms with Gasteiger partial charge in [-0.05, 0) is 46.1 Å². The van der Waals surface area contributed by atoms with E-state index in [-0.39, 0.29) is 18.3 Å². The highest BCUT2D eigenvalue weighted by atomic mass is 16.7. The van der Waals surface area contributed by atoms with Crippen LogP contribution in [-0.2, 0) is 20.7 Å². The van der Waals surface area contributed by atoms with Gasteiger partial charge in [-0.3, -0.25) is 0 Å². The second-order valence-electron chi connectivity index (χ2n) is 7.28. The minimum Gasteiger partial charge on any atom is -0.400 e. The molecule has 1 aromatic rings. The van der Waals surface area contributed by atoms with Crippen molar-refractivity contribution in [2.24, 2.45) is 0 Å². The van der Waals surface area contributed by atoms with E-state index in [4.69, 9.17) is 14.0 Å². The van der Waals surface area contributed by atoms with Gasteiger partial charge in [0.05, 0.1) is 23.9 Å². The zero-order valence-electron chi connectivity index (χ0n) is 14.0. The fourth-order valence-corrected chi connectivity index (χ4v) is 2.72. The van der Waals surface area contributed by atoms with Gasteiger partial charge >= 0.3 is 7.12 Å². The van der Waals surface area contributed by atoms with Crippen LogP contribution >= 0.6 is 0 Å². The first-order valence-electron chi connectivity index (χ1n) is 8.06. The number of hydrogen-bond acceptors (Lipinski definition) is 3. The van der Waals surface area contributed by atoms with Crippen LogP contribution in [-0.4, -0.2) is 24.4 Å². The Morgan fingerprint density at radius 1 is 1.09 bits per heavy atom. The lowest BCUT2D eigenvalue weighted by molar-refractivity contribution is 0.00578. The first-order valence-corrected chi connectivity index (χ1v) is 8.06.